The number of likely N-dealkylation sites (N-methyl/N-ethyl adjacent to an activating group) is 1. The molecular weight excluding hydrogens is 353 g/mol. The van der Waals surface area contributed by atoms with Crippen LogP contribution >= 0.6 is 0 Å². The number of nitrogens with zero attached hydrogens (tertiary/aromatic N) is 2. The van der Waals surface area contributed by atoms with Gasteiger partial charge in [-0.05, 0) is 26.2 Å². The van der Waals surface area contributed by atoms with Gasteiger partial charge < -0.3 is 19.6 Å². The van der Waals surface area contributed by atoms with Gasteiger partial charge in [-0.2, -0.15) is 13.2 Å². The molecule has 0 aliphatic carbocycles. The van der Waals surface area contributed by atoms with Crippen LogP contribution in [0, 0.1) is 11.8 Å². The molecule has 1 saturated heterocycles. The third-order valence-corrected chi connectivity index (χ3v) is 4.26. The van der Waals surface area contributed by atoms with Gasteiger partial charge in [0.05, 0.1) is 17.4 Å². The van der Waals surface area contributed by atoms with Crippen LogP contribution in [0.1, 0.15) is 10.4 Å². The molecule has 1 aliphatic rings. The number of ether oxygens (including phenoxy) is 1. The van der Waals surface area contributed by atoms with Gasteiger partial charge in [0.1, 0.15) is 12.4 Å². The van der Waals surface area contributed by atoms with Crippen LogP contribution in [-0.2, 0) is 4.79 Å². The first-order valence-corrected chi connectivity index (χ1v) is 8.06. The third-order valence-electron chi connectivity index (χ3n) is 4.26. The molecule has 1 fully saturated rings. The van der Waals surface area contributed by atoms with Crippen molar-refractivity contribution in [3.05, 3.63) is 29.8 Å². The van der Waals surface area contributed by atoms with E-state index in [1.165, 1.54) is 6.07 Å². The molecule has 1 aromatic carbocycles. The van der Waals surface area contributed by atoms with Crippen LogP contribution in [0.3, 0.4) is 0 Å². The number of hydrogen-bond donors (Lipinski definition) is 1. The molecule has 1 amide bonds. The van der Waals surface area contributed by atoms with Gasteiger partial charge in [-0.15, -0.1) is 0 Å². The number of carbonyl (C=O) groups is 2. The van der Waals surface area contributed by atoms with Crippen molar-refractivity contribution in [2.75, 3.05) is 40.3 Å². The van der Waals surface area contributed by atoms with Crippen molar-refractivity contribution in [2.24, 2.45) is 11.8 Å². The summed E-state index contributed by atoms with van der Waals surface area (Å²) in [5.74, 6) is -5.70. The fourth-order valence-corrected chi connectivity index (χ4v) is 2.83. The third kappa shape index (κ3) is 4.66. The SMILES string of the molecule is CN(C)CCOc1ccccc1C(=O)N1C[C@@H](C(F)(F)F)[C@H](C(=O)O)C1. The molecule has 9 heteroatoms. The van der Waals surface area contributed by atoms with E-state index in [0.717, 1.165) is 4.90 Å². The highest BCUT2D eigenvalue weighted by Crippen LogP contribution is 2.38. The number of para-hydroxylation sites is 1. The zero-order chi connectivity index (χ0) is 19.5. The zero-order valence-electron chi connectivity index (χ0n) is 14.5. The molecular formula is C17H21F3N2O4. The van der Waals surface area contributed by atoms with E-state index in [0.29, 0.717) is 13.2 Å². The number of benzene rings is 1. The first-order valence-electron chi connectivity index (χ1n) is 8.06. The van der Waals surface area contributed by atoms with Crippen LogP contribution in [0.25, 0.3) is 0 Å². The minimum Gasteiger partial charge on any atom is -0.491 e. The lowest BCUT2D eigenvalue weighted by molar-refractivity contribution is -0.187. The topological polar surface area (TPSA) is 70.1 Å². The normalized spacial score (nSPS) is 20.5. The van der Waals surface area contributed by atoms with E-state index < -0.39 is 43.0 Å². The van der Waals surface area contributed by atoms with Crippen molar-refractivity contribution in [3.63, 3.8) is 0 Å². The van der Waals surface area contributed by atoms with E-state index in [-0.39, 0.29) is 11.3 Å². The molecule has 26 heavy (non-hydrogen) atoms. The molecule has 1 aromatic rings. The Labute approximate surface area is 149 Å². The van der Waals surface area contributed by atoms with E-state index in [1.807, 2.05) is 19.0 Å². The van der Waals surface area contributed by atoms with Gasteiger partial charge in [-0.3, -0.25) is 9.59 Å². The second-order valence-corrected chi connectivity index (χ2v) is 6.45. The number of amides is 1. The van der Waals surface area contributed by atoms with E-state index in [9.17, 15) is 22.8 Å². The number of aliphatic carboxylic acids is 1. The van der Waals surface area contributed by atoms with Crippen molar-refractivity contribution < 1.29 is 32.6 Å². The Bertz CT molecular complexity index is 664. The molecule has 0 saturated carbocycles. The largest absolute Gasteiger partial charge is 0.491 e. The summed E-state index contributed by atoms with van der Waals surface area (Å²) in [7, 11) is 3.71. The Hall–Kier alpha value is -2.29. The molecule has 0 unspecified atom stereocenters. The maximum Gasteiger partial charge on any atom is 0.394 e. The Morgan fingerprint density at radius 1 is 1.27 bits per heavy atom. The summed E-state index contributed by atoms with van der Waals surface area (Å²) in [6.07, 6.45) is -4.68. The molecule has 0 spiro atoms. The molecule has 0 bridgehead atoms. The lowest BCUT2D eigenvalue weighted by Gasteiger charge is -2.20. The Morgan fingerprint density at radius 2 is 1.92 bits per heavy atom. The highest BCUT2D eigenvalue weighted by Gasteiger charge is 2.53. The van der Waals surface area contributed by atoms with Gasteiger partial charge in [-0.1, -0.05) is 12.1 Å². The fourth-order valence-electron chi connectivity index (χ4n) is 2.83. The number of likely N-dealkylation sites (tertiary alicyclic amines) is 1. The van der Waals surface area contributed by atoms with Crippen LogP contribution in [-0.4, -0.2) is 73.3 Å². The number of rotatable bonds is 6. The highest BCUT2D eigenvalue weighted by molar-refractivity contribution is 5.97. The summed E-state index contributed by atoms with van der Waals surface area (Å²) < 4.78 is 44.9. The Balaban J connectivity index is 2.18. The number of hydrogen-bond acceptors (Lipinski definition) is 4. The number of halogens is 3. The summed E-state index contributed by atoms with van der Waals surface area (Å²) in [5.41, 5.74) is 0.123. The molecule has 1 aliphatic heterocycles. The lowest BCUT2D eigenvalue weighted by Crippen LogP contribution is -2.34. The molecule has 1 N–H and O–H groups in total. The zero-order valence-corrected chi connectivity index (χ0v) is 14.5. The second-order valence-electron chi connectivity index (χ2n) is 6.45. The van der Waals surface area contributed by atoms with E-state index in [1.54, 1.807) is 18.2 Å². The van der Waals surface area contributed by atoms with Crippen molar-refractivity contribution in [1.82, 2.24) is 9.80 Å². The van der Waals surface area contributed by atoms with Gasteiger partial charge in [0.25, 0.3) is 5.91 Å². The van der Waals surface area contributed by atoms with Gasteiger partial charge in [-0.25, -0.2) is 0 Å². The molecule has 144 valence electrons. The van der Waals surface area contributed by atoms with Crippen LogP contribution in [0.2, 0.25) is 0 Å². The number of carboxylic acid groups (broad SMARTS) is 1. The Morgan fingerprint density at radius 3 is 2.46 bits per heavy atom. The quantitative estimate of drug-likeness (QED) is 0.824. The monoisotopic (exact) mass is 374 g/mol. The van der Waals surface area contributed by atoms with Crippen LogP contribution in [0.15, 0.2) is 24.3 Å². The van der Waals surface area contributed by atoms with Crippen LogP contribution < -0.4 is 4.74 Å². The van der Waals surface area contributed by atoms with Gasteiger partial charge >= 0.3 is 12.1 Å². The summed E-state index contributed by atoms with van der Waals surface area (Å²) in [6.45, 7) is -0.251. The predicted octanol–water partition coefficient (Wildman–Crippen LogP) is 1.96. The summed E-state index contributed by atoms with van der Waals surface area (Å²) in [6, 6.07) is 6.27. The molecule has 6 nitrogen and oxygen atoms in total. The fraction of sp³-hybridized carbons (Fsp3) is 0.529. The molecule has 1 heterocycles. The average Bonchev–Trinajstić information content (AvgIpc) is 3.00. The summed E-state index contributed by atoms with van der Waals surface area (Å²) in [5, 5.41) is 9.07. The lowest BCUT2D eigenvalue weighted by atomic mass is 9.96. The summed E-state index contributed by atoms with van der Waals surface area (Å²) in [4.78, 5) is 26.7. The van der Waals surface area contributed by atoms with E-state index in [2.05, 4.69) is 0 Å². The van der Waals surface area contributed by atoms with Gasteiger partial charge in [0, 0.05) is 19.6 Å². The molecule has 2 atom stereocenters. The predicted molar refractivity (Wildman–Crippen MR) is 87.1 cm³/mol. The van der Waals surface area contributed by atoms with Crippen molar-refractivity contribution in [2.45, 2.75) is 6.18 Å². The maximum absolute atomic E-state index is 13.1. The van der Waals surface area contributed by atoms with Crippen LogP contribution in [0.4, 0.5) is 13.2 Å². The molecule has 2 rings (SSSR count). The van der Waals surface area contributed by atoms with Crippen molar-refractivity contribution in [1.29, 1.82) is 0 Å². The minimum absolute atomic E-state index is 0.123. The summed E-state index contributed by atoms with van der Waals surface area (Å²) >= 11 is 0. The van der Waals surface area contributed by atoms with Crippen molar-refractivity contribution in [3.8, 4) is 5.75 Å². The maximum atomic E-state index is 13.1. The molecule has 0 radical (unpaired) electrons. The minimum atomic E-state index is -4.68. The Kier molecular flexibility index (Phi) is 6.12. The standard InChI is InChI=1S/C17H21F3N2O4/c1-21(2)7-8-26-14-6-4-3-5-11(14)15(23)22-9-12(16(24)25)13(10-22)17(18,19)20/h3-6,12-13H,7-10H2,1-2H3,(H,24,25)/t12-,13-/m1/s1. The average molecular weight is 374 g/mol. The van der Waals surface area contributed by atoms with Gasteiger partial charge in [0.15, 0.2) is 0 Å². The molecule has 0 aromatic heterocycles. The number of alkyl halides is 3. The number of carbonyl (C=O) groups excluding carboxylic acids is 1. The first kappa shape index (κ1) is 20.0. The van der Waals surface area contributed by atoms with Crippen molar-refractivity contribution >= 4 is 11.9 Å². The number of carboxylic acids is 1. The highest BCUT2D eigenvalue weighted by atomic mass is 19.4. The van der Waals surface area contributed by atoms with Crippen LogP contribution in [0.5, 0.6) is 5.75 Å². The van der Waals surface area contributed by atoms with E-state index >= 15 is 0 Å². The second kappa shape index (κ2) is 7.94. The smallest absolute Gasteiger partial charge is 0.394 e. The van der Waals surface area contributed by atoms with E-state index in [4.69, 9.17) is 9.84 Å². The first-order chi connectivity index (χ1) is 12.1. The van der Waals surface area contributed by atoms with Gasteiger partial charge in [0.2, 0.25) is 0 Å².